The van der Waals surface area contributed by atoms with Crippen LogP contribution in [0.2, 0.25) is 0 Å². The van der Waals surface area contributed by atoms with Crippen LogP contribution in [0, 0.1) is 5.92 Å². The second kappa shape index (κ2) is 5.73. The van der Waals surface area contributed by atoms with Crippen molar-refractivity contribution in [3.05, 3.63) is 28.2 Å². The third-order valence-electron chi connectivity index (χ3n) is 3.77. The topological polar surface area (TPSA) is 12.0 Å². The van der Waals surface area contributed by atoms with Gasteiger partial charge in [0.2, 0.25) is 0 Å². The molecule has 2 rings (SSSR count). The lowest BCUT2D eigenvalue weighted by atomic mass is 10.1. The minimum absolute atomic E-state index is 0.159. The van der Waals surface area contributed by atoms with Gasteiger partial charge in [-0.05, 0) is 43.4 Å². The Balaban J connectivity index is 2.16. The van der Waals surface area contributed by atoms with Crippen LogP contribution in [0.1, 0.15) is 38.2 Å². The molecule has 0 spiro atoms. The monoisotopic (exact) mass is 335 g/mol. The van der Waals surface area contributed by atoms with E-state index in [0.717, 1.165) is 31.7 Å². The predicted octanol–water partition coefficient (Wildman–Crippen LogP) is 5.46. The highest BCUT2D eigenvalue weighted by Crippen LogP contribution is 2.38. The number of hydrogen-bond donors (Lipinski definition) is 1. The maximum atomic E-state index is 13.0. The van der Waals surface area contributed by atoms with E-state index in [1.807, 2.05) is 0 Å². The highest BCUT2D eigenvalue weighted by Gasteiger charge is 2.34. The molecule has 106 valence electrons. The van der Waals surface area contributed by atoms with Gasteiger partial charge in [0.15, 0.2) is 0 Å². The summed E-state index contributed by atoms with van der Waals surface area (Å²) in [5, 5.41) is 3.07. The number of halogens is 4. The highest BCUT2D eigenvalue weighted by atomic mass is 79.9. The summed E-state index contributed by atoms with van der Waals surface area (Å²) in [4.78, 5) is 0. The summed E-state index contributed by atoms with van der Waals surface area (Å²) in [5.41, 5.74) is -0.403. The minimum Gasteiger partial charge on any atom is -0.382 e. The molecule has 0 aromatic heterocycles. The van der Waals surface area contributed by atoms with Gasteiger partial charge in [-0.25, -0.2) is 0 Å². The highest BCUT2D eigenvalue weighted by molar-refractivity contribution is 9.10. The van der Waals surface area contributed by atoms with Gasteiger partial charge in [0.1, 0.15) is 0 Å². The molecule has 1 nitrogen and oxygen atoms in total. The Morgan fingerprint density at radius 1 is 1.32 bits per heavy atom. The van der Waals surface area contributed by atoms with Gasteiger partial charge >= 0.3 is 6.18 Å². The maximum Gasteiger partial charge on any atom is 0.418 e. The van der Waals surface area contributed by atoms with Crippen LogP contribution in [0.3, 0.4) is 0 Å². The van der Waals surface area contributed by atoms with Crippen LogP contribution in [0.4, 0.5) is 18.9 Å². The number of alkyl halides is 3. The Bertz CT molecular complexity index is 445. The quantitative estimate of drug-likeness (QED) is 0.773. The van der Waals surface area contributed by atoms with Gasteiger partial charge in [-0.3, -0.25) is 0 Å². The average Bonchev–Trinajstić information content (AvgIpc) is 2.78. The van der Waals surface area contributed by atoms with Crippen molar-refractivity contribution in [2.75, 3.05) is 5.32 Å². The normalized spacial score (nSPS) is 23.6. The number of nitrogens with one attached hydrogen (secondary N) is 1. The lowest BCUT2D eigenvalue weighted by Gasteiger charge is -2.19. The Labute approximate surface area is 119 Å². The third kappa shape index (κ3) is 3.65. The predicted molar refractivity (Wildman–Crippen MR) is 74.2 cm³/mol. The van der Waals surface area contributed by atoms with Gasteiger partial charge < -0.3 is 5.32 Å². The van der Waals surface area contributed by atoms with E-state index in [1.54, 1.807) is 6.07 Å². The van der Waals surface area contributed by atoms with Crippen molar-refractivity contribution in [1.29, 1.82) is 0 Å². The number of hydrogen-bond acceptors (Lipinski definition) is 1. The zero-order valence-corrected chi connectivity index (χ0v) is 12.3. The zero-order valence-electron chi connectivity index (χ0n) is 10.7. The largest absolute Gasteiger partial charge is 0.418 e. The van der Waals surface area contributed by atoms with E-state index in [9.17, 15) is 13.2 Å². The molecule has 0 saturated heterocycles. The van der Waals surface area contributed by atoms with Gasteiger partial charge in [0, 0.05) is 16.2 Å². The first-order valence-corrected chi connectivity index (χ1v) is 7.32. The van der Waals surface area contributed by atoms with Crippen molar-refractivity contribution in [2.45, 2.75) is 44.8 Å². The lowest BCUT2D eigenvalue weighted by molar-refractivity contribution is -0.137. The SMILES string of the molecule is CCC1CCC(Nc2ccc(Br)cc2C(F)(F)F)C1. The van der Waals surface area contributed by atoms with Crippen molar-refractivity contribution in [2.24, 2.45) is 5.92 Å². The van der Waals surface area contributed by atoms with E-state index < -0.39 is 11.7 Å². The summed E-state index contributed by atoms with van der Waals surface area (Å²) in [6.07, 6.45) is -0.207. The van der Waals surface area contributed by atoms with Gasteiger partial charge in [-0.2, -0.15) is 13.2 Å². The first-order chi connectivity index (χ1) is 8.90. The molecule has 2 atom stereocenters. The smallest absolute Gasteiger partial charge is 0.382 e. The number of rotatable bonds is 3. The second-order valence-electron chi connectivity index (χ2n) is 5.12. The number of anilines is 1. The molecular formula is C14H17BrF3N. The standard InChI is InChI=1S/C14H17BrF3N/c1-2-9-3-5-11(7-9)19-13-6-4-10(15)8-12(13)14(16,17)18/h4,6,8-9,11,19H,2-3,5,7H2,1H3. The number of benzene rings is 1. The third-order valence-corrected chi connectivity index (χ3v) is 4.26. The van der Waals surface area contributed by atoms with Crippen LogP contribution < -0.4 is 5.32 Å². The molecule has 1 aromatic rings. The molecule has 19 heavy (non-hydrogen) atoms. The van der Waals surface area contributed by atoms with Crippen LogP contribution in [-0.4, -0.2) is 6.04 Å². The fourth-order valence-corrected chi connectivity index (χ4v) is 3.03. The van der Waals surface area contributed by atoms with E-state index in [-0.39, 0.29) is 11.7 Å². The van der Waals surface area contributed by atoms with Crippen LogP contribution >= 0.6 is 15.9 Å². The molecule has 0 heterocycles. The summed E-state index contributed by atoms with van der Waals surface area (Å²) >= 11 is 3.09. The molecule has 1 aliphatic carbocycles. The molecule has 0 radical (unpaired) electrons. The first-order valence-electron chi connectivity index (χ1n) is 6.53. The molecule has 1 aromatic carbocycles. The van der Waals surface area contributed by atoms with E-state index in [4.69, 9.17) is 0 Å². The van der Waals surface area contributed by atoms with Crippen LogP contribution in [0.15, 0.2) is 22.7 Å². The lowest BCUT2D eigenvalue weighted by Crippen LogP contribution is -2.19. The Hall–Kier alpha value is -0.710. The Morgan fingerprint density at radius 3 is 2.63 bits per heavy atom. The maximum absolute atomic E-state index is 13.0. The van der Waals surface area contributed by atoms with Crippen LogP contribution in [0.25, 0.3) is 0 Å². The molecule has 0 aliphatic heterocycles. The van der Waals surface area contributed by atoms with Gasteiger partial charge in [0.05, 0.1) is 5.56 Å². The summed E-state index contributed by atoms with van der Waals surface area (Å²) in [7, 11) is 0. The molecule has 0 bridgehead atoms. The van der Waals surface area contributed by atoms with Crippen molar-refractivity contribution < 1.29 is 13.2 Å². The zero-order chi connectivity index (χ0) is 14.0. The summed E-state index contributed by atoms with van der Waals surface area (Å²) in [6, 6.07) is 4.44. The fourth-order valence-electron chi connectivity index (χ4n) is 2.67. The molecule has 1 N–H and O–H groups in total. The van der Waals surface area contributed by atoms with Gasteiger partial charge in [-0.15, -0.1) is 0 Å². The molecular weight excluding hydrogens is 319 g/mol. The van der Waals surface area contributed by atoms with E-state index >= 15 is 0 Å². The van der Waals surface area contributed by atoms with E-state index in [0.29, 0.717) is 10.4 Å². The average molecular weight is 336 g/mol. The molecule has 1 saturated carbocycles. The van der Waals surface area contributed by atoms with E-state index in [1.165, 1.54) is 6.07 Å². The Kier molecular flexibility index (Phi) is 4.43. The molecule has 1 fully saturated rings. The van der Waals surface area contributed by atoms with Crippen molar-refractivity contribution in [3.63, 3.8) is 0 Å². The summed E-state index contributed by atoms with van der Waals surface area (Å²) in [6.45, 7) is 2.13. The van der Waals surface area contributed by atoms with Crippen LogP contribution in [-0.2, 0) is 6.18 Å². The molecule has 1 aliphatic rings. The van der Waals surface area contributed by atoms with Crippen molar-refractivity contribution >= 4 is 21.6 Å². The van der Waals surface area contributed by atoms with E-state index in [2.05, 4.69) is 28.2 Å². The minimum atomic E-state index is -4.32. The first kappa shape index (κ1) is 14.7. The van der Waals surface area contributed by atoms with Crippen molar-refractivity contribution in [1.82, 2.24) is 0 Å². The molecule has 5 heteroatoms. The fraction of sp³-hybridized carbons (Fsp3) is 0.571. The summed E-state index contributed by atoms with van der Waals surface area (Å²) in [5.74, 6) is 0.641. The van der Waals surface area contributed by atoms with Gasteiger partial charge in [0.25, 0.3) is 0 Å². The van der Waals surface area contributed by atoms with Gasteiger partial charge in [-0.1, -0.05) is 29.3 Å². The second-order valence-corrected chi connectivity index (χ2v) is 6.03. The molecule has 0 amide bonds. The van der Waals surface area contributed by atoms with Crippen molar-refractivity contribution in [3.8, 4) is 0 Å². The summed E-state index contributed by atoms with van der Waals surface area (Å²) < 4.78 is 39.4. The Morgan fingerprint density at radius 2 is 2.05 bits per heavy atom. The van der Waals surface area contributed by atoms with Crippen LogP contribution in [0.5, 0.6) is 0 Å². The molecule has 2 unspecified atom stereocenters.